The monoisotopic (exact) mass is 333 g/mol. The van der Waals surface area contributed by atoms with Crippen LogP contribution in [0.15, 0.2) is 29.7 Å². The van der Waals surface area contributed by atoms with Crippen molar-refractivity contribution in [1.29, 1.82) is 0 Å². The van der Waals surface area contributed by atoms with Crippen LogP contribution < -0.4 is 5.32 Å². The average Bonchev–Trinajstić information content (AvgIpc) is 3.03. The Morgan fingerprint density at radius 3 is 2.87 bits per heavy atom. The van der Waals surface area contributed by atoms with Crippen LogP contribution in [0.25, 0.3) is 11.4 Å². The van der Waals surface area contributed by atoms with Crippen molar-refractivity contribution < 1.29 is 4.79 Å². The Bertz CT molecular complexity index is 602. The molecule has 124 valence electrons. The molecule has 2 aromatic heterocycles. The van der Waals surface area contributed by atoms with Crippen LogP contribution in [0, 0.1) is 0 Å². The molecule has 2 heterocycles. The van der Waals surface area contributed by atoms with Crippen molar-refractivity contribution in [3.8, 4) is 11.4 Å². The van der Waals surface area contributed by atoms with E-state index in [-0.39, 0.29) is 11.9 Å². The molecule has 1 amide bonds. The SMILES string of the molecule is CCCCC[C@@H](C)NC(=O)CSc1n[nH]c(-c2ccncc2)n1. The van der Waals surface area contributed by atoms with Crippen molar-refractivity contribution >= 4 is 17.7 Å². The smallest absolute Gasteiger partial charge is 0.230 e. The molecule has 2 aromatic rings. The molecule has 1 atom stereocenters. The number of aromatic nitrogens is 4. The molecule has 23 heavy (non-hydrogen) atoms. The number of rotatable bonds is 9. The zero-order chi connectivity index (χ0) is 16.5. The highest BCUT2D eigenvalue weighted by Crippen LogP contribution is 2.18. The first-order chi connectivity index (χ1) is 11.2. The van der Waals surface area contributed by atoms with Gasteiger partial charge >= 0.3 is 0 Å². The minimum atomic E-state index is 0.0225. The number of nitrogens with zero attached hydrogens (tertiary/aromatic N) is 3. The molecule has 0 aliphatic carbocycles. The summed E-state index contributed by atoms with van der Waals surface area (Å²) in [6.45, 7) is 4.23. The Balaban J connectivity index is 1.75. The normalized spacial score (nSPS) is 12.1. The quantitative estimate of drug-likeness (QED) is 0.544. The van der Waals surface area contributed by atoms with E-state index in [9.17, 15) is 4.79 Å². The summed E-state index contributed by atoms with van der Waals surface area (Å²) in [6.07, 6.45) is 8.00. The lowest BCUT2D eigenvalue weighted by Crippen LogP contribution is -2.33. The molecule has 0 aliphatic rings. The van der Waals surface area contributed by atoms with Crippen LogP contribution in [0.5, 0.6) is 0 Å². The summed E-state index contributed by atoms with van der Waals surface area (Å²) in [4.78, 5) is 20.3. The second kappa shape index (κ2) is 9.29. The van der Waals surface area contributed by atoms with E-state index in [1.807, 2.05) is 19.1 Å². The van der Waals surface area contributed by atoms with Gasteiger partial charge in [0.05, 0.1) is 5.75 Å². The lowest BCUT2D eigenvalue weighted by Gasteiger charge is -2.12. The van der Waals surface area contributed by atoms with E-state index in [1.165, 1.54) is 24.6 Å². The Hall–Kier alpha value is -1.89. The third-order valence-corrected chi connectivity index (χ3v) is 4.25. The summed E-state index contributed by atoms with van der Waals surface area (Å²) < 4.78 is 0. The Kier molecular flexibility index (Phi) is 7.06. The van der Waals surface area contributed by atoms with Gasteiger partial charge in [-0.25, -0.2) is 4.98 Å². The number of aromatic amines is 1. The predicted molar refractivity (Wildman–Crippen MR) is 92.1 cm³/mol. The summed E-state index contributed by atoms with van der Waals surface area (Å²) in [5, 5.41) is 10.6. The molecule has 0 spiro atoms. The highest BCUT2D eigenvalue weighted by atomic mass is 32.2. The Morgan fingerprint density at radius 2 is 2.13 bits per heavy atom. The molecule has 0 aliphatic heterocycles. The number of unbranched alkanes of at least 4 members (excludes halogenated alkanes) is 2. The molecule has 0 radical (unpaired) electrons. The van der Waals surface area contributed by atoms with E-state index in [2.05, 4.69) is 32.4 Å². The first-order valence-electron chi connectivity index (χ1n) is 7.94. The minimum absolute atomic E-state index is 0.0225. The fourth-order valence-electron chi connectivity index (χ4n) is 2.17. The third-order valence-electron chi connectivity index (χ3n) is 3.40. The largest absolute Gasteiger partial charge is 0.353 e. The van der Waals surface area contributed by atoms with Crippen LogP contribution in [0.1, 0.15) is 39.5 Å². The van der Waals surface area contributed by atoms with Gasteiger partial charge in [0.15, 0.2) is 5.82 Å². The lowest BCUT2D eigenvalue weighted by molar-refractivity contribution is -0.119. The van der Waals surface area contributed by atoms with Crippen LogP contribution in [0.2, 0.25) is 0 Å². The Labute approximate surface area is 140 Å². The molecule has 7 heteroatoms. The van der Waals surface area contributed by atoms with E-state index in [1.54, 1.807) is 12.4 Å². The zero-order valence-corrected chi connectivity index (χ0v) is 14.4. The van der Waals surface area contributed by atoms with Crippen LogP contribution in [-0.4, -0.2) is 37.9 Å². The number of H-pyrrole nitrogens is 1. The number of thioether (sulfide) groups is 1. The predicted octanol–water partition coefficient (Wildman–Crippen LogP) is 3.04. The number of carbonyl (C=O) groups excluding carboxylic acids is 1. The van der Waals surface area contributed by atoms with Crippen molar-refractivity contribution in [2.45, 2.75) is 50.7 Å². The number of nitrogens with one attached hydrogen (secondary N) is 2. The van der Waals surface area contributed by atoms with E-state index in [0.29, 0.717) is 16.7 Å². The van der Waals surface area contributed by atoms with Gasteiger partial charge in [-0.15, -0.1) is 5.10 Å². The fraction of sp³-hybridized carbons (Fsp3) is 0.500. The standard InChI is InChI=1S/C16H23N5OS/c1-3-4-5-6-12(2)18-14(22)11-23-16-19-15(20-21-16)13-7-9-17-10-8-13/h7-10,12H,3-6,11H2,1-2H3,(H,18,22)(H,19,20,21)/t12-/m1/s1. The molecule has 0 saturated carbocycles. The van der Waals surface area contributed by atoms with Gasteiger partial charge < -0.3 is 5.32 Å². The fourth-order valence-corrected chi connectivity index (χ4v) is 2.78. The van der Waals surface area contributed by atoms with Gasteiger partial charge in [0.1, 0.15) is 0 Å². The molecule has 0 saturated heterocycles. The first kappa shape index (κ1) is 17.5. The number of hydrogen-bond acceptors (Lipinski definition) is 5. The first-order valence-corrected chi connectivity index (χ1v) is 8.92. The van der Waals surface area contributed by atoms with Crippen LogP contribution >= 0.6 is 11.8 Å². The average molecular weight is 333 g/mol. The number of pyridine rings is 1. The summed E-state index contributed by atoms with van der Waals surface area (Å²) in [5.74, 6) is 1.03. The summed E-state index contributed by atoms with van der Waals surface area (Å²) in [7, 11) is 0. The molecule has 0 unspecified atom stereocenters. The van der Waals surface area contributed by atoms with E-state index >= 15 is 0 Å². The molecular formula is C16H23N5OS. The van der Waals surface area contributed by atoms with Crippen molar-refractivity contribution in [3.63, 3.8) is 0 Å². The van der Waals surface area contributed by atoms with Gasteiger partial charge in [0, 0.05) is 24.0 Å². The molecule has 0 aromatic carbocycles. The summed E-state index contributed by atoms with van der Waals surface area (Å²) in [6, 6.07) is 3.94. The second-order valence-corrected chi connectivity index (χ2v) is 6.40. The molecular weight excluding hydrogens is 310 g/mol. The van der Waals surface area contributed by atoms with Crippen LogP contribution in [-0.2, 0) is 4.79 Å². The number of carbonyl (C=O) groups is 1. The van der Waals surface area contributed by atoms with E-state index < -0.39 is 0 Å². The maximum atomic E-state index is 11.9. The van der Waals surface area contributed by atoms with Gasteiger partial charge in [0.25, 0.3) is 0 Å². The van der Waals surface area contributed by atoms with Crippen molar-refractivity contribution in [2.75, 3.05) is 5.75 Å². The highest BCUT2D eigenvalue weighted by Gasteiger charge is 2.11. The second-order valence-electron chi connectivity index (χ2n) is 5.46. The van der Waals surface area contributed by atoms with Gasteiger partial charge in [-0.2, -0.15) is 0 Å². The molecule has 0 fully saturated rings. The zero-order valence-electron chi connectivity index (χ0n) is 13.6. The van der Waals surface area contributed by atoms with Gasteiger partial charge in [0.2, 0.25) is 11.1 Å². The van der Waals surface area contributed by atoms with Gasteiger partial charge in [-0.3, -0.25) is 14.9 Å². The van der Waals surface area contributed by atoms with Gasteiger partial charge in [-0.1, -0.05) is 37.9 Å². The van der Waals surface area contributed by atoms with Crippen LogP contribution in [0.3, 0.4) is 0 Å². The molecule has 2 rings (SSSR count). The Morgan fingerprint density at radius 1 is 1.35 bits per heavy atom. The maximum Gasteiger partial charge on any atom is 0.230 e. The highest BCUT2D eigenvalue weighted by molar-refractivity contribution is 7.99. The molecule has 2 N–H and O–H groups in total. The van der Waals surface area contributed by atoms with E-state index in [4.69, 9.17) is 0 Å². The minimum Gasteiger partial charge on any atom is -0.353 e. The maximum absolute atomic E-state index is 11.9. The molecule has 6 nitrogen and oxygen atoms in total. The van der Waals surface area contributed by atoms with Crippen LogP contribution in [0.4, 0.5) is 0 Å². The third kappa shape index (κ3) is 6.02. The van der Waals surface area contributed by atoms with E-state index in [0.717, 1.165) is 18.4 Å². The lowest BCUT2D eigenvalue weighted by atomic mass is 10.1. The van der Waals surface area contributed by atoms with Crippen molar-refractivity contribution in [2.24, 2.45) is 0 Å². The van der Waals surface area contributed by atoms with Crippen molar-refractivity contribution in [1.82, 2.24) is 25.5 Å². The summed E-state index contributed by atoms with van der Waals surface area (Å²) >= 11 is 1.33. The molecule has 0 bridgehead atoms. The van der Waals surface area contributed by atoms with Gasteiger partial charge in [-0.05, 0) is 25.5 Å². The number of amides is 1. The van der Waals surface area contributed by atoms with Crippen molar-refractivity contribution in [3.05, 3.63) is 24.5 Å². The topological polar surface area (TPSA) is 83.6 Å². The number of hydrogen-bond donors (Lipinski definition) is 2. The summed E-state index contributed by atoms with van der Waals surface area (Å²) in [5.41, 5.74) is 0.924.